The average Bonchev–Trinajstić information content (AvgIpc) is 3.17. The molecule has 8 heteroatoms. The first kappa shape index (κ1) is 21.3. The summed E-state index contributed by atoms with van der Waals surface area (Å²) >= 11 is 5.87. The minimum atomic E-state index is -3.27. The minimum absolute atomic E-state index is 0.130. The predicted octanol–water partition coefficient (Wildman–Crippen LogP) is 2.59. The van der Waals surface area contributed by atoms with Gasteiger partial charge in [0.05, 0.1) is 11.3 Å². The maximum Gasteiger partial charge on any atom is 0.243 e. The Morgan fingerprint density at radius 1 is 1.07 bits per heavy atom. The highest BCUT2D eigenvalue weighted by molar-refractivity contribution is 7.90. The summed E-state index contributed by atoms with van der Waals surface area (Å²) in [5.41, 5.74) is 1.65. The van der Waals surface area contributed by atoms with Crippen molar-refractivity contribution in [1.29, 1.82) is 0 Å². The molecule has 29 heavy (non-hydrogen) atoms. The molecule has 1 aliphatic rings. The molecule has 1 unspecified atom stereocenters. The van der Waals surface area contributed by atoms with Crippen LogP contribution in [0.5, 0.6) is 0 Å². The van der Waals surface area contributed by atoms with Gasteiger partial charge in [-0.05, 0) is 48.2 Å². The van der Waals surface area contributed by atoms with E-state index in [4.69, 9.17) is 11.6 Å². The molecular formula is C21H23ClN2O4S. The summed E-state index contributed by atoms with van der Waals surface area (Å²) in [6.45, 7) is 0.917. The Bertz CT molecular complexity index is 988. The van der Waals surface area contributed by atoms with Crippen molar-refractivity contribution >= 4 is 33.3 Å². The monoisotopic (exact) mass is 434 g/mol. The number of hydrogen-bond donors (Lipinski definition) is 1. The molecule has 1 heterocycles. The van der Waals surface area contributed by atoms with Gasteiger partial charge in [0.25, 0.3) is 0 Å². The summed E-state index contributed by atoms with van der Waals surface area (Å²) in [6.07, 6.45) is 2.68. The highest BCUT2D eigenvalue weighted by Crippen LogP contribution is 2.20. The summed E-state index contributed by atoms with van der Waals surface area (Å²) in [7, 11) is -3.27. The second kappa shape index (κ2) is 8.97. The van der Waals surface area contributed by atoms with Gasteiger partial charge >= 0.3 is 0 Å². The molecule has 0 bridgehead atoms. The van der Waals surface area contributed by atoms with E-state index in [0.29, 0.717) is 24.5 Å². The van der Waals surface area contributed by atoms with Crippen molar-refractivity contribution in [2.75, 3.05) is 12.8 Å². The Kier molecular flexibility index (Phi) is 6.59. The molecule has 0 aliphatic carbocycles. The third-order valence-electron chi connectivity index (χ3n) is 4.96. The molecule has 2 aromatic rings. The van der Waals surface area contributed by atoms with Gasteiger partial charge in [0.1, 0.15) is 6.04 Å². The molecule has 154 valence electrons. The van der Waals surface area contributed by atoms with Crippen molar-refractivity contribution in [3.05, 3.63) is 64.7 Å². The minimum Gasteiger partial charge on any atom is -0.350 e. The zero-order valence-corrected chi connectivity index (χ0v) is 17.7. The number of carbonyl (C=O) groups excluding carboxylic acids is 2. The molecule has 0 radical (unpaired) electrons. The molecule has 3 rings (SSSR count). The number of hydrogen-bond acceptors (Lipinski definition) is 4. The van der Waals surface area contributed by atoms with Gasteiger partial charge in [-0.15, -0.1) is 0 Å². The lowest BCUT2D eigenvalue weighted by atomic mass is 10.1. The van der Waals surface area contributed by atoms with Crippen molar-refractivity contribution in [3.63, 3.8) is 0 Å². The van der Waals surface area contributed by atoms with Crippen LogP contribution in [0.1, 0.15) is 24.0 Å². The number of amides is 2. The molecule has 2 amide bonds. The third kappa shape index (κ3) is 5.58. The van der Waals surface area contributed by atoms with Crippen molar-refractivity contribution in [2.24, 2.45) is 0 Å². The number of nitrogens with one attached hydrogen (secondary N) is 1. The van der Waals surface area contributed by atoms with Crippen molar-refractivity contribution in [3.8, 4) is 0 Å². The molecule has 0 saturated carbocycles. The highest BCUT2D eigenvalue weighted by Gasteiger charge is 2.33. The lowest BCUT2D eigenvalue weighted by Crippen LogP contribution is -2.46. The number of benzene rings is 2. The number of rotatable bonds is 6. The SMILES string of the molecule is CS(=O)(=O)c1ccc(CC(=O)N2CCCC2C(=O)NCc2ccc(Cl)cc2)cc1. The Labute approximate surface area is 175 Å². The molecule has 2 aromatic carbocycles. The number of sulfone groups is 1. The van der Waals surface area contributed by atoms with E-state index in [1.54, 1.807) is 29.2 Å². The van der Waals surface area contributed by atoms with E-state index < -0.39 is 15.9 Å². The standard InChI is InChI=1S/C21H23ClN2O4S/c1-29(27,28)18-10-6-15(7-11-18)13-20(25)24-12-2-3-19(24)21(26)23-14-16-4-8-17(22)9-5-16/h4-11,19H,2-3,12-14H2,1H3,(H,23,26). The third-order valence-corrected chi connectivity index (χ3v) is 6.34. The Morgan fingerprint density at radius 3 is 2.31 bits per heavy atom. The Morgan fingerprint density at radius 2 is 1.69 bits per heavy atom. The van der Waals surface area contributed by atoms with E-state index in [1.165, 1.54) is 12.1 Å². The molecular weight excluding hydrogens is 412 g/mol. The van der Waals surface area contributed by atoms with Crippen LogP contribution in [0.2, 0.25) is 5.02 Å². The van der Waals surface area contributed by atoms with Gasteiger partial charge in [0.2, 0.25) is 11.8 Å². The van der Waals surface area contributed by atoms with Crippen molar-refractivity contribution in [1.82, 2.24) is 10.2 Å². The van der Waals surface area contributed by atoms with Gasteiger partial charge in [-0.1, -0.05) is 35.9 Å². The van der Waals surface area contributed by atoms with Crippen LogP contribution in [0.15, 0.2) is 53.4 Å². The van der Waals surface area contributed by atoms with Crippen LogP contribution in [0.4, 0.5) is 0 Å². The van der Waals surface area contributed by atoms with Gasteiger partial charge < -0.3 is 10.2 Å². The maximum atomic E-state index is 12.7. The largest absolute Gasteiger partial charge is 0.350 e. The van der Waals surface area contributed by atoms with Crippen LogP contribution in [0, 0.1) is 0 Å². The smallest absolute Gasteiger partial charge is 0.243 e. The van der Waals surface area contributed by atoms with Crippen LogP contribution >= 0.6 is 11.6 Å². The molecule has 6 nitrogen and oxygen atoms in total. The van der Waals surface area contributed by atoms with Gasteiger partial charge in [-0.25, -0.2) is 8.42 Å². The molecule has 1 aliphatic heterocycles. The van der Waals surface area contributed by atoms with Crippen molar-refractivity contribution in [2.45, 2.75) is 36.7 Å². The Hall–Kier alpha value is -2.38. The van der Waals surface area contributed by atoms with Gasteiger partial charge in [-0.2, -0.15) is 0 Å². The van der Waals surface area contributed by atoms with E-state index >= 15 is 0 Å². The van der Waals surface area contributed by atoms with Gasteiger partial charge in [0.15, 0.2) is 9.84 Å². The number of nitrogens with zero attached hydrogens (tertiary/aromatic N) is 1. The average molecular weight is 435 g/mol. The fraction of sp³-hybridized carbons (Fsp3) is 0.333. The number of likely N-dealkylation sites (tertiary alicyclic amines) is 1. The maximum absolute atomic E-state index is 12.7. The van der Waals surface area contributed by atoms with Crippen LogP contribution in [0.3, 0.4) is 0 Å². The van der Waals surface area contributed by atoms with E-state index in [2.05, 4.69) is 5.32 Å². The topological polar surface area (TPSA) is 83.6 Å². The van der Waals surface area contributed by atoms with E-state index in [1.807, 2.05) is 12.1 Å². The Balaban J connectivity index is 1.59. The van der Waals surface area contributed by atoms with E-state index in [-0.39, 0.29) is 23.1 Å². The highest BCUT2D eigenvalue weighted by atomic mass is 35.5. The first-order valence-corrected chi connectivity index (χ1v) is 11.6. The molecule has 0 aromatic heterocycles. The summed E-state index contributed by atoms with van der Waals surface area (Å²) < 4.78 is 23.1. The van der Waals surface area contributed by atoms with Crippen LogP contribution in [-0.4, -0.2) is 44.0 Å². The number of carbonyl (C=O) groups is 2. The van der Waals surface area contributed by atoms with Gasteiger partial charge in [0, 0.05) is 24.4 Å². The molecule has 0 spiro atoms. The molecule has 1 atom stereocenters. The quantitative estimate of drug-likeness (QED) is 0.757. The van der Waals surface area contributed by atoms with Gasteiger partial charge in [-0.3, -0.25) is 9.59 Å². The lowest BCUT2D eigenvalue weighted by molar-refractivity contribution is -0.138. The fourth-order valence-electron chi connectivity index (χ4n) is 3.38. The first-order chi connectivity index (χ1) is 13.7. The van der Waals surface area contributed by atoms with Crippen LogP contribution < -0.4 is 5.32 Å². The lowest BCUT2D eigenvalue weighted by Gasteiger charge is -2.24. The molecule has 1 fully saturated rings. The summed E-state index contributed by atoms with van der Waals surface area (Å²) in [5.74, 6) is -0.306. The predicted molar refractivity (Wildman–Crippen MR) is 111 cm³/mol. The van der Waals surface area contributed by atoms with E-state index in [0.717, 1.165) is 23.8 Å². The summed E-state index contributed by atoms with van der Waals surface area (Å²) in [4.78, 5) is 27.2. The van der Waals surface area contributed by atoms with Crippen LogP contribution in [0.25, 0.3) is 0 Å². The normalized spacial score (nSPS) is 16.6. The van der Waals surface area contributed by atoms with E-state index in [9.17, 15) is 18.0 Å². The number of halogens is 1. The fourth-order valence-corrected chi connectivity index (χ4v) is 4.13. The summed E-state index contributed by atoms with van der Waals surface area (Å²) in [5, 5.41) is 3.53. The van der Waals surface area contributed by atoms with Crippen LogP contribution in [-0.2, 0) is 32.4 Å². The zero-order chi connectivity index (χ0) is 21.0. The zero-order valence-electron chi connectivity index (χ0n) is 16.1. The molecule has 1 saturated heterocycles. The summed E-state index contributed by atoms with van der Waals surface area (Å²) in [6, 6.07) is 13.0. The van der Waals surface area contributed by atoms with Crippen molar-refractivity contribution < 1.29 is 18.0 Å². The molecule has 1 N–H and O–H groups in total. The second-order valence-corrected chi connectivity index (χ2v) is 9.63. The second-order valence-electron chi connectivity index (χ2n) is 7.18. The first-order valence-electron chi connectivity index (χ1n) is 9.34.